The molecule has 31 heavy (non-hydrogen) atoms. The number of aryl methyl sites for hydroxylation is 1. The molecule has 3 rings (SSSR count). The summed E-state index contributed by atoms with van der Waals surface area (Å²) in [6.07, 6.45) is 1.53. The summed E-state index contributed by atoms with van der Waals surface area (Å²) in [4.78, 5) is 12.6. The van der Waals surface area contributed by atoms with Gasteiger partial charge in [0, 0.05) is 10.7 Å². The van der Waals surface area contributed by atoms with Crippen molar-refractivity contribution in [2.75, 3.05) is 5.32 Å². The van der Waals surface area contributed by atoms with Gasteiger partial charge in [0.15, 0.2) is 0 Å². The van der Waals surface area contributed by atoms with Gasteiger partial charge in [-0.2, -0.15) is 5.26 Å². The lowest BCUT2D eigenvalue weighted by atomic mass is 10.1. The highest BCUT2D eigenvalue weighted by Gasteiger charge is 2.12. The Balaban J connectivity index is 1.72. The summed E-state index contributed by atoms with van der Waals surface area (Å²) >= 11 is 9.60. The molecule has 6 heteroatoms. The number of amides is 1. The number of nitrogens with one attached hydrogen (secondary N) is 1. The molecular formula is C25H20BrClN2O2. The van der Waals surface area contributed by atoms with Crippen molar-refractivity contribution in [3.05, 3.63) is 98.0 Å². The van der Waals surface area contributed by atoms with Gasteiger partial charge in [-0.05, 0) is 76.8 Å². The Bertz CT molecular complexity index is 1180. The minimum Gasteiger partial charge on any atom is -0.488 e. The summed E-state index contributed by atoms with van der Waals surface area (Å²) in [5.41, 5.74) is 4.26. The molecular weight excluding hydrogens is 476 g/mol. The number of nitriles is 1. The second kappa shape index (κ2) is 10.3. The monoisotopic (exact) mass is 494 g/mol. The van der Waals surface area contributed by atoms with Crippen LogP contribution in [-0.4, -0.2) is 5.91 Å². The lowest BCUT2D eigenvalue weighted by Gasteiger charge is -2.10. The molecule has 156 valence electrons. The summed E-state index contributed by atoms with van der Waals surface area (Å²) in [6, 6.07) is 20.7. The van der Waals surface area contributed by atoms with Gasteiger partial charge in [-0.3, -0.25) is 4.79 Å². The summed E-state index contributed by atoms with van der Waals surface area (Å²) in [5.74, 6) is 0.180. The average Bonchev–Trinajstić information content (AvgIpc) is 2.75. The summed E-state index contributed by atoms with van der Waals surface area (Å²) < 4.78 is 6.61. The van der Waals surface area contributed by atoms with Crippen LogP contribution in [-0.2, 0) is 11.4 Å². The molecule has 0 aliphatic heterocycles. The van der Waals surface area contributed by atoms with Crippen LogP contribution in [0, 0.1) is 25.2 Å². The maximum Gasteiger partial charge on any atom is 0.266 e. The lowest BCUT2D eigenvalue weighted by molar-refractivity contribution is -0.112. The first-order valence-electron chi connectivity index (χ1n) is 9.53. The number of halogens is 2. The maximum absolute atomic E-state index is 12.6. The molecule has 4 nitrogen and oxygen atoms in total. The summed E-state index contributed by atoms with van der Waals surface area (Å²) in [5, 5.41) is 12.8. The molecule has 0 aliphatic carbocycles. The zero-order valence-corrected chi connectivity index (χ0v) is 19.4. The Morgan fingerprint density at radius 3 is 2.58 bits per heavy atom. The molecule has 3 aromatic rings. The zero-order chi connectivity index (χ0) is 22.4. The van der Waals surface area contributed by atoms with Gasteiger partial charge < -0.3 is 10.1 Å². The third-order valence-electron chi connectivity index (χ3n) is 4.66. The normalized spacial score (nSPS) is 11.0. The zero-order valence-electron chi connectivity index (χ0n) is 17.1. The molecule has 0 saturated heterocycles. The van der Waals surface area contributed by atoms with E-state index < -0.39 is 5.91 Å². The van der Waals surface area contributed by atoms with Gasteiger partial charge in [0.2, 0.25) is 0 Å². The molecule has 1 amide bonds. The summed E-state index contributed by atoms with van der Waals surface area (Å²) in [6.45, 7) is 4.29. The van der Waals surface area contributed by atoms with Crippen molar-refractivity contribution >= 4 is 45.2 Å². The Hall–Kier alpha value is -3.07. The van der Waals surface area contributed by atoms with E-state index >= 15 is 0 Å². The molecule has 0 fully saturated rings. The van der Waals surface area contributed by atoms with Crippen LogP contribution in [0.3, 0.4) is 0 Å². The van der Waals surface area contributed by atoms with Gasteiger partial charge in [-0.15, -0.1) is 0 Å². The first-order chi connectivity index (χ1) is 14.9. The van der Waals surface area contributed by atoms with Crippen LogP contribution >= 0.6 is 27.5 Å². The molecule has 0 bridgehead atoms. The van der Waals surface area contributed by atoms with Crippen LogP contribution in [0.1, 0.15) is 22.3 Å². The molecule has 0 heterocycles. The largest absolute Gasteiger partial charge is 0.488 e. The van der Waals surface area contributed by atoms with E-state index in [1.807, 2.05) is 37.3 Å². The molecule has 3 aromatic carbocycles. The van der Waals surface area contributed by atoms with Crippen molar-refractivity contribution in [1.82, 2.24) is 0 Å². The molecule has 0 unspecified atom stereocenters. The quantitative estimate of drug-likeness (QED) is 0.301. The molecule has 0 aromatic heterocycles. The highest BCUT2D eigenvalue weighted by atomic mass is 79.9. The van der Waals surface area contributed by atoms with Crippen molar-refractivity contribution in [1.29, 1.82) is 5.26 Å². The van der Waals surface area contributed by atoms with Crippen molar-refractivity contribution in [3.8, 4) is 11.8 Å². The number of hydrogen-bond donors (Lipinski definition) is 1. The maximum atomic E-state index is 12.6. The van der Waals surface area contributed by atoms with Gasteiger partial charge in [-0.25, -0.2) is 0 Å². The van der Waals surface area contributed by atoms with Gasteiger partial charge in [0.25, 0.3) is 5.91 Å². The molecule has 0 spiro atoms. The molecule has 1 N–H and O–H groups in total. The minimum absolute atomic E-state index is 0.0143. The SMILES string of the molecule is Cc1ccc(COc2ccc(/C=C(/C#N)C(=O)Nc3cccc(Cl)c3C)cc2Br)cc1. The third-order valence-corrected chi connectivity index (χ3v) is 5.69. The van der Waals surface area contributed by atoms with E-state index in [1.165, 1.54) is 11.6 Å². The van der Waals surface area contributed by atoms with E-state index in [9.17, 15) is 10.1 Å². The predicted octanol–water partition coefficient (Wildman–Crippen LogP) is 6.84. The number of carbonyl (C=O) groups excluding carboxylic acids is 1. The Morgan fingerprint density at radius 2 is 1.90 bits per heavy atom. The highest BCUT2D eigenvalue weighted by molar-refractivity contribution is 9.10. The first kappa shape index (κ1) is 22.6. The second-order valence-corrected chi connectivity index (χ2v) is 8.26. The van der Waals surface area contributed by atoms with Crippen molar-refractivity contribution in [2.45, 2.75) is 20.5 Å². The fourth-order valence-electron chi connectivity index (χ4n) is 2.82. The van der Waals surface area contributed by atoms with Gasteiger partial charge in [-0.1, -0.05) is 53.6 Å². The predicted molar refractivity (Wildman–Crippen MR) is 128 cm³/mol. The Labute approximate surface area is 195 Å². The second-order valence-electron chi connectivity index (χ2n) is 7.00. The average molecular weight is 496 g/mol. The van der Waals surface area contributed by atoms with E-state index in [0.717, 1.165) is 15.6 Å². The van der Waals surface area contributed by atoms with Gasteiger partial charge in [0.1, 0.15) is 24.0 Å². The standard InChI is InChI=1S/C25H20BrClN2O2/c1-16-6-8-18(9-7-16)15-31-24-11-10-19(13-21(24)26)12-20(14-28)25(30)29-23-5-3-4-22(27)17(23)2/h3-13H,15H2,1-2H3,(H,29,30)/b20-12-. The first-order valence-corrected chi connectivity index (χ1v) is 10.7. The van der Waals surface area contributed by atoms with Crippen LogP contribution in [0.2, 0.25) is 5.02 Å². The highest BCUT2D eigenvalue weighted by Crippen LogP contribution is 2.28. The molecule has 0 atom stereocenters. The van der Waals surface area contributed by atoms with Crippen LogP contribution in [0.25, 0.3) is 6.08 Å². The van der Waals surface area contributed by atoms with E-state index in [1.54, 1.807) is 43.3 Å². The topological polar surface area (TPSA) is 62.1 Å². The van der Waals surface area contributed by atoms with Crippen molar-refractivity contribution < 1.29 is 9.53 Å². The number of hydrogen-bond acceptors (Lipinski definition) is 3. The van der Waals surface area contributed by atoms with E-state index in [0.29, 0.717) is 28.6 Å². The lowest BCUT2D eigenvalue weighted by Crippen LogP contribution is -2.14. The number of rotatable bonds is 6. The number of nitrogens with zero attached hydrogens (tertiary/aromatic N) is 1. The van der Waals surface area contributed by atoms with Crippen LogP contribution in [0.5, 0.6) is 5.75 Å². The number of carbonyl (C=O) groups is 1. The van der Waals surface area contributed by atoms with Gasteiger partial charge >= 0.3 is 0 Å². The van der Waals surface area contributed by atoms with E-state index in [4.69, 9.17) is 16.3 Å². The fraction of sp³-hybridized carbons (Fsp3) is 0.120. The van der Waals surface area contributed by atoms with Gasteiger partial charge in [0.05, 0.1) is 4.47 Å². The van der Waals surface area contributed by atoms with Crippen LogP contribution in [0.15, 0.2) is 70.7 Å². The molecule has 0 radical (unpaired) electrons. The number of ether oxygens (including phenoxy) is 1. The third kappa shape index (κ3) is 5.97. The van der Waals surface area contributed by atoms with Crippen LogP contribution in [0.4, 0.5) is 5.69 Å². The number of benzene rings is 3. The minimum atomic E-state index is -0.497. The molecule has 0 aliphatic rings. The van der Waals surface area contributed by atoms with Crippen molar-refractivity contribution in [2.24, 2.45) is 0 Å². The van der Waals surface area contributed by atoms with E-state index in [-0.39, 0.29) is 5.57 Å². The van der Waals surface area contributed by atoms with E-state index in [2.05, 4.69) is 21.2 Å². The smallest absolute Gasteiger partial charge is 0.266 e. The fourth-order valence-corrected chi connectivity index (χ4v) is 3.50. The van der Waals surface area contributed by atoms with Crippen molar-refractivity contribution in [3.63, 3.8) is 0 Å². The van der Waals surface area contributed by atoms with Crippen LogP contribution < -0.4 is 10.1 Å². The number of anilines is 1. The Kier molecular flexibility index (Phi) is 7.51. The Morgan fingerprint density at radius 1 is 1.16 bits per heavy atom. The molecule has 0 saturated carbocycles. The summed E-state index contributed by atoms with van der Waals surface area (Å²) in [7, 11) is 0.